The summed E-state index contributed by atoms with van der Waals surface area (Å²) in [6, 6.07) is 13.2. The van der Waals surface area contributed by atoms with Crippen LogP contribution >= 0.6 is 0 Å². The lowest BCUT2D eigenvalue weighted by molar-refractivity contribution is -0.121. The molecule has 0 aliphatic heterocycles. The van der Waals surface area contributed by atoms with Crippen molar-refractivity contribution in [1.29, 1.82) is 0 Å². The van der Waals surface area contributed by atoms with Crippen LogP contribution in [0.5, 0.6) is 5.75 Å². The van der Waals surface area contributed by atoms with Crippen molar-refractivity contribution in [3.8, 4) is 5.75 Å². The summed E-state index contributed by atoms with van der Waals surface area (Å²) in [7, 11) is 4.00. The van der Waals surface area contributed by atoms with Crippen LogP contribution in [0.4, 0.5) is 0 Å². The van der Waals surface area contributed by atoms with Crippen molar-refractivity contribution in [2.45, 2.75) is 26.4 Å². The van der Waals surface area contributed by atoms with E-state index in [4.69, 9.17) is 4.74 Å². The number of nitrogens with zero attached hydrogens (tertiary/aromatic N) is 3. The van der Waals surface area contributed by atoms with Crippen molar-refractivity contribution in [2.75, 3.05) is 27.2 Å². The SMILES string of the molecule is Cc1cccc2c(=O)n(CCC(=O)NCc3cccc(OCCN(C)C)c3)cnc12. The third-order valence-corrected chi connectivity index (χ3v) is 4.83. The van der Waals surface area contributed by atoms with Crippen LogP contribution in [0.3, 0.4) is 0 Å². The van der Waals surface area contributed by atoms with Gasteiger partial charge in [-0.15, -0.1) is 0 Å². The number of aryl methyl sites for hydroxylation is 2. The maximum Gasteiger partial charge on any atom is 0.261 e. The second-order valence-corrected chi connectivity index (χ2v) is 7.54. The quantitative estimate of drug-likeness (QED) is 0.588. The molecule has 0 aliphatic rings. The molecule has 1 N–H and O–H groups in total. The van der Waals surface area contributed by atoms with Gasteiger partial charge >= 0.3 is 0 Å². The Labute approximate surface area is 176 Å². The number of likely N-dealkylation sites (N-methyl/N-ethyl adjacent to an activating group) is 1. The van der Waals surface area contributed by atoms with Gasteiger partial charge in [-0.2, -0.15) is 0 Å². The van der Waals surface area contributed by atoms with Crippen LogP contribution in [-0.4, -0.2) is 47.6 Å². The largest absolute Gasteiger partial charge is 0.492 e. The van der Waals surface area contributed by atoms with Crippen molar-refractivity contribution in [1.82, 2.24) is 19.8 Å². The van der Waals surface area contributed by atoms with E-state index in [1.165, 1.54) is 10.9 Å². The second kappa shape index (κ2) is 10.0. The van der Waals surface area contributed by atoms with Gasteiger partial charge in [0, 0.05) is 26.1 Å². The highest BCUT2D eigenvalue weighted by atomic mass is 16.5. The first-order valence-corrected chi connectivity index (χ1v) is 10.0. The zero-order valence-electron chi connectivity index (χ0n) is 17.7. The molecular weight excluding hydrogens is 380 g/mol. The molecule has 0 fully saturated rings. The van der Waals surface area contributed by atoms with Crippen LogP contribution in [0.15, 0.2) is 53.6 Å². The normalized spacial score (nSPS) is 11.1. The number of aromatic nitrogens is 2. The molecule has 2 aromatic carbocycles. The number of hydrogen-bond acceptors (Lipinski definition) is 5. The van der Waals surface area contributed by atoms with Gasteiger partial charge in [0.05, 0.1) is 17.2 Å². The van der Waals surface area contributed by atoms with Gasteiger partial charge in [-0.25, -0.2) is 4.98 Å². The third-order valence-electron chi connectivity index (χ3n) is 4.83. The number of nitrogens with one attached hydrogen (secondary N) is 1. The smallest absolute Gasteiger partial charge is 0.261 e. The molecule has 0 radical (unpaired) electrons. The Hall–Kier alpha value is -3.19. The lowest BCUT2D eigenvalue weighted by atomic mass is 10.1. The number of para-hydroxylation sites is 1. The molecule has 0 aliphatic carbocycles. The first-order chi connectivity index (χ1) is 14.4. The summed E-state index contributed by atoms with van der Waals surface area (Å²) in [6.07, 6.45) is 1.72. The van der Waals surface area contributed by atoms with E-state index in [1.807, 2.05) is 57.4 Å². The van der Waals surface area contributed by atoms with Gasteiger partial charge in [-0.3, -0.25) is 14.2 Å². The van der Waals surface area contributed by atoms with E-state index >= 15 is 0 Å². The third kappa shape index (κ3) is 5.67. The number of fused-ring (bicyclic) bond motifs is 1. The first kappa shape index (κ1) is 21.5. The van der Waals surface area contributed by atoms with Crippen LogP contribution in [0.25, 0.3) is 10.9 Å². The molecule has 0 atom stereocenters. The van der Waals surface area contributed by atoms with Crippen molar-refractivity contribution >= 4 is 16.8 Å². The molecule has 1 aromatic heterocycles. The van der Waals surface area contributed by atoms with Crippen LogP contribution in [0, 0.1) is 6.92 Å². The van der Waals surface area contributed by atoms with E-state index < -0.39 is 0 Å². The molecule has 0 spiro atoms. The molecule has 3 aromatic rings. The fourth-order valence-electron chi connectivity index (χ4n) is 3.10. The minimum Gasteiger partial charge on any atom is -0.492 e. The Balaban J connectivity index is 1.53. The summed E-state index contributed by atoms with van der Waals surface area (Å²) in [5.74, 6) is 0.665. The van der Waals surface area contributed by atoms with E-state index in [9.17, 15) is 9.59 Å². The fourth-order valence-corrected chi connectivity index (χ4v) is 3.10. The van der Waals surface area contributed by atoms with Crippen molar-refractivity contribution in [3.05, 3.63) is 70.3 Å². The van der Waals surface area contributed by atoms with Crippen molar-refractivity contribution in [3.63, 3.8) is 0 Å². The maximum atomic E-state index is 12.6. The van der Waals surface area contributed by atoms with Gasteiger partial charge in [-0.05, 0) is 50.3 Å². The summed E-state index contributed by atoms with van der Waals surface area (Å²) in [5.41, 5.74) is 2.50. The van der Waals surface area contributed by atoms with Crippen molar-refractivity contribution < 1.29 is 9.53 Å². The fraction of sp³-hybridized carbons (Fsp3) is 0.348. The van der Waals surface area contributed by atoms with Crippen molar-refractivity contribution in [2.24, 2.45) is 0 Å². The molecule has 0 saturated carbocycles. The van der Waals surface area contributed by atoms with Gasteiger partial charge in [0.2, 0.25) is 5.91 Å². The summed E-state index contributed by atoms with van der Waals surface area (Å²) in [6.45, 7) is 4.07. The van der Waals surface area contributed by atoms with Crippen LogP contribution in [-0.2, 0) is 17.9 Å². The monoisotopic (exact) mass is 408 g/mol. The number of benzene rings is 2. The van der Waals surface area contributed by atoms with E-state index in [2.05, 4.69) is 15.2 Å². The summed E-state index contributed by atoms with van der Waals surface area (Å²) in [5, 5.41) is 3.47. The summed E-state index contributed by atoms with van der Waals surface area (Å²) < 4.78 is 7.21. The minimum absolute atomic E-state index is 0.120. The minimum atomic E-state index is -0.126. The molecule has 7 heteroatoms. The Morgan fingerprint density at radius 1 is 1.20 bits per heavy atom. The summed E-state index contributed by atoms with van der Waals surface area (Å²) >= 11 is 0. The molecular formula is C23H28N4O3. The molecule has 7 nitrogen and oxygen atoms in total. The Morgan fingerprint density at radius 2 is 2.00 bits per heavy atom. The van der Waals surface area contributed by atoms with Crippen LogP contribution < -0.4 is 15.6 Å². The Bertz CT molecular complexity index is 1080. The molecule has 30 heavy (non-hydrogen) atoms. The molecule has 3 rings (SSSR count). The average Bonchev–Trinajstić information content (AvgIpc) is 2.72. The molecule has 0 saturated heterocycles. The number of ether oxygens (including phenoxy) is 1. The first-order valence-electron chi connectivity index (χ1n) is 10.0. The molecule has 0 bridgehead atoms. The number of carbonyl (C=O) groups is 1. The predicted molar refractivity (Wildman–Crippen MR) is 118 cm³/mol. The number of amides is 1. The zero-order chi connectivity index (χ0) is 21.5. The molecule has 158 valence electrons. The highest BCUT2D eigenvalue weighted by molar-refractivity contribution is 5.80. The van der Waals surface area contributed by atoms with E-state index in [0.29, 0.717) is 24.1 Å². The Morgan fingerprint density at radius 3 is 2.80 bits per heavy atom. The second-order valence-electron chi connectivity index (χ2n) is 7.54. The number of rotatable bonds is 9. The standard InChI is InChI=1S/C23H28N4O3/c1-17-6-4-9-20-22(17)25-16-27(23(20)29)11-10-21(28)24-15-18-7-5-8-19(14-18)30-13-12-26(2)3/h4-9,14,16H,10-13,15H2,1-3H3,(H,24,28). The van der Waals surface area contributed by atoms with Gasteiger partial charge in [0.25, 0.3) is 5.56 Å². The lowest BCUT2D eigenvalue weighted by Gasteiger charge is -2.12. The van der Waals surface area contributed by atoms with E-state index in [0.717, 1.165) is 23.4 Å². The van der Waals surface area contributed by atoms with E-state index in [-0.39, 0.29) is 24.4 Å². The number of hydrogen-bond donors (Lipinski definition) is 1. The molecule has 1 amide bonds. The molecule has 1 heterocycles. The average molecular weight is 409 g/mol. The summed E-state index contributed by atoms with van der Waals surface area (Å²) in [4.78, 5) is 31.3. The highest BCUT2D eigenvalue weighted by Gasteiger charge is 2.08. The van der Waals surface area contributed by atoms with E-state index in [1.54, 1.807) is 6.07 Å². The maximum absolute atomic E-state index is 12.6. The van der Waals surface area contributed by atoms with Gasteiger partial charge in [-0.1, -0.05) is 24.3 Å². The lowest BCUT2D eigenvalue weighted by Crippen LogP contribution is -2.27. The highest BCUT2D eigenvalue weighted by Crippen LogP contribution is 2.13. The number of carbonyl (C=O) groups excluding carboxylic acids is 1. The van der Waals surface area contributed by atoms with Gasteiger partial charge in [0.15, 0.2) is 0 Å². The predicted octanol–water partition coefficient (Wildman–Crippen LogP) is 2.35. The van der Waals surface area contributed by atoms with Crippen LogP contribution in [0.2, 0.25) is 0 Å². The zero-order valence-corrected chi connectivity index (χ0v) is 17.7. The van der Waals surface area contributed by atoms with Gasteiger partial charge in [0.1, 0.15) is 12.4 Å². The molecule has 0 unspecified atom stereocenters. The Kier molecular flexibility index (Phi) is 7.19. The van der Waals surface area contributed by atoms with Gasteiger partial charge < -0.3 is 15.0 Å². The van der Waals surface area contributed by atoms with Crippen LogP contribution in [0.1, 0.15) is 17.5 Å². The topological polar surface area (TPSA) is 76.5 Å².